The Bertz CT molecular complexity index is 366. The van der Waals surface area contributed by atoms with Gasteiger partial charge in [-0.3, -0.25) is 0 Å². The predicted molar refractivity (Wildman–Crippen MR) is 68.7 cm³/mol. The molecule has 0 N–H and O–H groups in total. The molecule has 4 heteroatoms. The Labute approximate surface area is 106 Å². The summed E-state index contributed by atoms with van der Waals surface area (Å²) in [5, 5.41) is 0. The SMILES string of the molecule is CCOC(=O)c1cc(CCCCl)ccc1S. The summed E-state index contributed by atoms with van der Waals surface area (Å²) in [5.74, 6) is 0.303. The van der Waals surface area contributed by atoms with Gasteiger partial charge in [-0.1, -0.05) is 6.07 Å². The molecular weight excluding hydrogens is 244 g/mol. The number of carbonyl (C=O) groups is 1. The van der Waals surface area contributed by atoms with Gasteiger partial charge in [0.15, 0.2) is 0 Å². The lowest BCUT2D eigenvalue weighted by atomic mass is 10.1. The van der Waals surface area contributed by atoms with E-state index >= 15 is 0 Å². The number of esters is 1. The van der Waals surface area contributed by atoms with E-state index in [1.165, 1.54) is 0 Å². The number of benzene rings is 1. The van der Waals surface area contributed by atoms with Crippen LogP contribution in [-0.4, -0.2) is 18.5 Å². The first-order valence-corrected chi connectivity index (χ1v) is 6.22. The Hall–Kier alpha value is -0.670. The van der Waals surface area contributed by atoms with Gasteiger partial charge in [-0.25, -0.2) is 4.79 Å². The molecule has 0 saturated heterocycles. The summed E-state index contributed by atoms with van der Waals surface area (Å²) in [6, 6.07) is 5.60. The van der Waals surface area contributed by atoms with Crippen LogP contribution in [0.5, 0.6) is 0 Å². The van der Waals surface area contributed by atoms with Gasteiger partial charge >= 0.3 is 5.97 Å². The maximum atomic E-state index is 11.6. The van der Waals surface area contributed by atoms with E-state index < -0.39 is 0 Å². The quantitative estimate of drug-likeness (QED) is 0.498. The maximum Gasteiger partial charge on any atom is 0.339 e. The molecule has 0 radical (unpaired) electrons. The predicted octanol–water partition coefficient (Wildman–Crippen LogP) is 3.32. The first-order chi connectivity index (χ1) is 7.69. The first kappa shape index (κ1) is 13.4. The van der Waals surface area contributed by atoms with Crippen LogP contribution in [0.25, 0.3) is 0 Å². The van der Waals surface area contributed by atoms with Crippen LogP contribution in [-0.2, 0) is 11.2 Å². The average Bonchev–Trinajstić information content (AvgIpc) is 2.28. The third kappa shape index (κ3) is 3.72. The van der Waals surface area contributed by atoms with Crippen LogP contribution in [0, 0.1) is 0 Å². The molecule has 0 bridgehead atoms. The van der Waals surface area contributed by atoms with Gasteiger partial charge < -0.3 is 4.74 Å². The van der Waals surface area contributed by atoms with E-state index in [0.717, 1.165) is 18.4 Å². The minimum Gasteiger partial charge on any atom is -0.462 e. The zero-order chi connectivity index (χ0) is 12.0. The Kier molecular flexibility index (Phi) is 5.71. The van der Waals surface area contributed by atoms with Crippen molar-refractivity contribution in [3.8, 4) is 0 Å². The van der Waals surface area contributed by atoms with Gasteiger partial charge in [0.25, 0.3) is 0 Å². The monoisotopic (exact) mass is 258 g/mol. The molecule has 0 spiro atoms. The molecule has 0 aromatic heterocycles. The molecule has 0 heterocycles. The number of hydrogen-bond acceptors (Lipinski definition) is 3. The van der Waals surface area contributed by atoms with Gasteiger partial charge in [-0.05, 0) is 37.5 Å². The second-order valence-corrected chi connectivity index (χ2v) is 4.22. The highest BCUT2D eigenvalue weighted by Crippen LogP contribution is 2.18. The largest absolute Gasteiger partial charge is 0.462 e. The number of thiol groups is 1. The van der Waals surface area contributed by atoms with E-state index in [4.69, 9.17) is 16.3 Å². The molecule has 16 heavy (non-hydrogen) atoms. The van der Waals surface area contributed by atoms with Crippen LogP contribution < -0.4 is 0 Å². The molecule has 0 aliphatic carbocycles. The number of ether oxygens (including phenoxy) is 1. The van der Waals surface area contributed by atoms with Crippen LogP contribution in [0.15, 0.2) is 23.1 Å². The van der Waals surface area contributed by atoms with Crippen LogP contribution in [0.2, 0.25) is 0 Å². The van der Waals surface area contributed by atoms with E-state index in [1.54, 1.807) is 6.92 Å². The van der Waals surface area contributed by atoms with E-state index in [2.05, 4.69) is 12.6 Å². The first-order valence-electron chi connectivity index (χ1n) is 5.24. The summed E-state index contributed by atoms with van der Waals surface area (Å²) in [6.07, 6.45) is 1.76. The Balaban J connectivity index is 2.85. The standard InChI is InChI=1S/C12H15ClO2S/c1-2-15-12(14)10-8-9(4-3-7-13)5-6-11(10)16/h5-6,8,16H,2-4,7H2,1H3. The second-order valence-electron chi connectivity index (χ2n) is 3.36. The maximum absolute atomic E-state index is 11.6. The molecule has 0 aliphatic rings. The molecule has 0 aliphatic heterocycles. The summed E-state index contributed by atoms with van der Waals surface area (Å²) in [7, 11) is 0. The van der Waals surface area contributed by atoms with Crippen molar-refractivity contribution < 1.29 is 9.53 Å². The number of carbonyl (C=O) groups excluding carboxylic acids is 1. The van der Waals surface area contributed by atoms with Gasteiger partial charge in [-0.2, -0.15) is 0 Å². The van der Waals surface area contributed by atoms with E-state index in [9.17, 15) is 4.79 Å². The third-order valence-electron chi connectivity index (χ3n) is 2.16. The molecule has 0 fully saturated rings. The van der Waals surface area contributed by atoms with Crippen LogP contribution in [0.3, 0.4) is 0 Å². The minimum absolute atomic E-state index is 0.319. The topological polar surface area (TPSA) is 26.3 Å². The summed E-state index contributed by atoms with van der Waals surface area (Å²) in [6.45, 7) is 2.16. The van der Waals surface area contributed by atoms with Crippen molar-refractivity contribution in [1.82, 2.24) is 0 Å². The normalized spacial score (nSPS) is 10.2. The second kappa shape index (κ2) is 6.81. The lowest BCUT2D eigenvalue weighted by Crippen LogP contribution is -2.06. The number of halogens is 1. The van der Waals surface area contributed by atoms with Crippen molar-refractivity contribution in [3.63, 3.8) is 0 Å². The minimum atomic E-state index is -0.319. The highest BCUT2D eigenvalue weighted by Gasteiger charge is 2.11. The Morgan fingerprint density at radius 1 is 1.50 bits per heavy atom. The van der Waals surface area contributed by atoms with Crippen molar-refractivity contribution in [1.29, 1.82) is 0 Å². The molecule has 1 aromatic carbocycles. The molecule has 88 valence electrons. The molecule has 0 unspecified atom stereocenters. The van der Waals surface area contributed by atoms with E-state index in [-0.39, 0.29) is 5.97 Å². The number of hydrogen-bond donors (Lipinski definition) is 1. The van der Waals surface area contributed by atoms with Crippen molar-refractivity contribution in [2.45, 2.75) is 24.7 Å². The van der Waals surface area contributed by atoms with Gasteiger partial charge in [0.2, 0.25) is 0 Å². The van der Waals surface area contributed by atoms with E-state index in [0.29, 0.717) is 22.9 Å². The fraction of sp³-hybridized carbons (Fsp3) is 0.417. The lowest BCUT2D eigenvalue weighted by molar-refractivity contribution is 0.0522. The van der Waals surface area contributed by atoms with Gasteiger partial charge in [0, 0.05) is 10.8 Å². The van der Waals surface area contributed by atoms with E-state index in [1.807, 2.05) is 18.2 Å². The molecular formula is C12H15ClO2S. The number of aryl methyl sites for hydroxylation is 1. The highest BCUT2D eigenvalue weighted by molar-refractivity contribution is 7.80. The molecule has 2 nitrogen and oxygen atoms in total. The summed E-state index contributed by atoms with van der Waals surface area (Å²) < 4.78 is 4.95. The fourth-order valence-corrected chi connectivity index (χ4v) is 1.75. The zero-order valence-corrected chi connectivity index (χ0v) is 10.9. The molecule has 0 atom stereocenters. The van der Waals surface area contributed by atoms with Gasteiger partial charge in [0.05, 0.1) is 12.2 Å². The molecule has 0 amide bonds. The number of alkyl halides is 1. The highest BCUT2D eigenvalue weighted by atomic mass is 35.5. The van der Waals surface area contributed by atoms with Crippen molar-refractivity contribution in [3.05, 3.63) is 29.3 Å². The summed E-state index contributed by atoms with van der Waals surface area (Å²) >= 11 is 9.87. The van der Waals surface area contributed by atoms with Crippen LogP contribution in [0.1, 0.15) is 29.3 Å². The summed E-state index contributed by atoms with van der Waals surface area (Å²) in [4.78, 5) is 12.2. The Morgan fingerprint density at radius 3 is 2.88 bits per heavy atom. The lowest BCUT2D eigenvalue weighted by Gasteiger charge is -2.07. The van der Waals surface area contributed by atoms with Gasteiger partial charge in [-0.15, -0.1) is 24.2 Å². The fourth-order valence-electron chi connectivity index (χ4n) is 1.38. The molecule has 1 rings (SSSR count). The number of rotatable bonds is 5. The van der Waals surface area contributed by atoms with Crippen LogP contribution in [0.4, 0.5) is 0 Å². The smallest absolute Gasteiger partial charge is 0.339 e. The average molecular weight is 259 g/mol. The van der Waals surface area contributed by atoms with Crippen LogP contribution >= 0.6 is 24.2 Å². The van der Waals surface area contributed by atoms with Crippen molar-refractivity contribution in [2.75, 3.05) is 12.5 Å². The van der Waals surface area contributed by atoms with Gasteiger partial charge in [0.1, 0.15) is 0 Å². The van der Waals surface area contributed by atoms with Crippen molar-refractivity contribution in [2.24, 2.45) is 0 Å². The molecule has 1 aromatic rings. The zero-order valence-electron chi connectivity index (χ0n) is 9.20. The Morgan fingerprint density at radius 2 is 2.25 bits per heavy atom. The van der Waals surface area contributed by atoms with Crippen molar-refractivity contribution >= 4 is 30.2 Å². The third-order valence-corrected chi connectivity index (χ3v) is 2.81. The molecule has 0 saturated carbocycles. The summed E-state index contributed by atoms with van der Waals surface area (Å²) in [5.41, 5.74) is 1.61.